The lowest BCUT2D eigenvalue weighted by molar-refractivity contribution is -0.159. The van der Waals surface area contributed by atoms with Gasteiger partial charge in [-0.3, -0.25) is 19.6 Å². The summed E-state index contributed by atoms with van der Waals surface area (Å²) in [5.74, 6) is -1.34. The third-order valence-electron chi connectivity index (χ3n) is 8.49. The predicted molar refractivity (Wildman–Crippen MR) is 220 cm³/mol. The van der Waals surface area contributed by atoms with Crippen LogP contribution in [0.1, 0.15) is 96.2 Å². The molecule has 306 valence electrons. The Balaban J connectivity index is 2.12. The fourth-order valence-electron chi connectivity index (χ4n) is 6.36. The van der Waals surface area contributed by atoms with Crippen molar-refractivity contribution in [3.05, 3.63) is 101 Å². The third kappa shape index (κ3) is 12.1. The summed E-state index contributed by atoms with van der Waals surface area (Å²) in [5, 5.41) is 13.3. The summed E-state index contributed by atoms with van der Waals surface area (Å²) < 4.78 is 17.5. The summed E-state index contributed by atoms with van der Waals surface area (Å²) in [6.45, 7) is 18.2. The molecule has 0 aliphatic rings. The van der Waals surface area contributed by atoms with E-state index in [0.717, 1.165) is 22.1 Å². The fourth-order valence-corrected chi connectivity index (χ4v) is 6.36. The maximum atomic E-state index is 15.7. The van der Waals surface area contributed by atoms with Gasteiger partial charge >= 0.3 is 18.2 Å². The number of aromatic nitrogens is 1. The zero-order valence-corrected chi connectivity index (χ0v) is 35.0. The van der Waals surface area contributed by atoms with Crippen molar-refractivity contribution in [2.75, 3.05) is 23.9 Å². The lowest BCUT2D eigenvalue weighted by atomic mass is 9.93. The van der Waals surface area contributed by atoms with Crippen LogP contribution in [0.15, 0.2) is 73.1 Å². The highest BCUT2D eigenvalue weighted by Gasteiger charge is 2.44. The number of anilines is 2. The molecule has 1 heterocycles. The molecule has 13 heteroatoms. The van der Waals surface area contributed by atoms with Gasteiger partial charge in [-0.1, -0.05) is 30.3 Å². The minimum atomic E-state index is -1.51. The molecular weight excluding hydrogens is 727 g/mol. The van der Waals surface area contributed by atoms with Crippen LogP contribution in [-0.4, -0.2) is 74.0 Å². The molecule has 57 heavy (non-hydrogen) atoms. The van der Waals surface area contributed by atoms with Gasteiger partial charge in [0.2, 0.25) is 0 Å². The molecule has 1 aromatic heterocycles. The Morgan fingerprint density at radius 1 is 0.772 bits per heavy atom. The van der Waals surface area contributed by atoms with Crippen LogP contribution in [0.2, 0.25) is 0 Å². The zero-order chi connectivity index (χ0) is 42.5. The van der Waals surface area contributed by atoms with Crippen molar-refractivity contribution >= 4 is 46.2 Å². The molecule has 3 amide bonds. The van der Waals surface area contributed by atoms with E-state index in [1.165, 1.54) is 9.91 Å². The SMILES string of the molecule is Cc1cc(C(C(=O)N(CC(=O)OC(C)(C)C)Cc2cccc(N)c2)N(c2ccc3cnccc3c2)N(C(=O)OC(C)(C)C)C(=O)OC(C)(C)C)cc(C)c1CCO. The van der Waals surface area contributed by atoms with Gasteiger partial charge in [0.1, 0.15) is 23.3 Å². The van der Waals surface area contributed by atoms with Crippen molar-refractivity contribution in [1.29, 1.82) is 0 Å². The van der Waals surface area contributed by atoms with Crippen molar-refractivity contribution in [3.8, 4) is 0 Å². The monoisotopic (exact) mass is 783 g/mol. The Morgan fingerprint density at radius 2 is 1.37 bits per heavy atom. The van der Waals surface area contributed by atoms with E-state index in [9.17, 15) is 19.5 Å². The number of nitrogens with two attached hydrogens (primary N) is 1. The van der Waals surface area contributed by atoms with E-state index in [1.54, 1.807) is 135 Å². The number of amides is 3. The number of nitrogen functional groups attached to an aromatic ring is 1. The smallest absolute Gasteiger partial charge is 0.439 e. The molecular formula is C44H57N5O8. The Labute approximate surface area is 335 Å². The molecule has 0 fully saturated rings. The number of benzene rings is 3. The average Bonchev–Trinajstić information content (AvgIpc) is 3.06. The number of nitrogens with zero attached hydrogens (tertiary/aromatic N) is 4. The summed E-state index contributed by atoms with van der Waals surface area (Å²) in [6.07, 6.45) is 1.43. The van der Waals surface area contributed by atoms with Gasteiger partial charge in [-0.25, -0.2) is 9.59 Å². The number of fused-ring (bicyclic) bond motifs is 1. The van der Waals surface area contributed by atoms with Crippen molar-refractivity contribution in [2.24, 2.45) is 0 Å². The zero-order valence-electron chi connectivity index (χ0n) is 35.0. The number of carbonyl (C=O) groups is 4. The van der Waals surface area contributed by atoms with Crippen LogP contribution in [0.4, 0.5) is 21.0 Å². The molecule has 0 spiro atoms. The standard InChI is InChI=1S/C44H57N5O8/c1-28-21-33(22-29(2)36(28)18-20-50)38(39(52)47(27-37(51)55-42(3,4)5)26-30-13-12-14-34(45)23-30)48(35-16-15-32-25-46-19-17-31(32)24-35)49(40(53)56-43(6,7)8)41(54)57-44(9,10)11/h12-17,19,21-25,38,50H,18,20,26-27,45H2,1-11H3. The van der Waals surface area contributed by atoms with Crippen LogP contribution in [0.5, 0.6) is 0 Å². The first-order valence-electron chi connectivity index (χ1n) is 18.9. The largest absolute Gasteiger partial charge is 0.459 e. The first-order valence-corrected chi connectivity index (χ1v) is 18.9. The number of aliphatic hydroxyl groups excluding tert-OH is 1. The van der Waals surface area contributed by atoms with Crippen LogP contribution >= 0.6 is 0 Å². The highest BCUT2D eigenvalue weighted by molar-refractivity contribution is 5.96. The van der Waals surface area contributed by atoms with Crippen molar-refractivity contribution in [1.82, 2.24) is 14.9 Å². The van der Waals surface area contributed by atoms with Gasteiger partial charge in [0.05, 0.1) is 5.69 Å². The number of hydrogen-bond donors (Lipinski definition) is 2. The average molecular weight is 784 g/mol. The van der Waals surface area contributed by atoms with E-state index in [1.807, 2.05) is 13.8 Å². The van der Waals surface area contributed by atoms with Gasteiger partial charge in [-0.2, -0.15) is 0 Å². The third-order valence-corrected chi connectivity index (χ3v) is 8.49. The van der Waals surface area contributed by atoms with Gasteiger partial charge in [0, 0.05) is 36.6 Å². The van der Waals surface area contributed by atoms with E-state index in [-0.39, 0.29) is 18.8 Å². The van der Waals surface area contributed by atoms with E-state index in [0.29, 0.717) is 33.6 Å². The number of carbonyl (C=O) groups excluding carboxylic acids is 4. The van der Waals surface area contributed by atoms with Gasteiger partial charge in [-0.15, -0.1) is 5.01 Å². The number of pyridine rings is 1. The second-order valence-electron chi connectivity index (χ2n) is 17.1. The molecule has 0 aliphatic carbocycles. The second-order valence-corrected chi connectivity index (χ2v) is 17.1. The molecule has 3 N–H and O–H groups in total. The molecule has 3 aromatic carbocycles. The molecule has 1 atom stereocenters. The Bertz CT molecular complexity index is 2050. The van der Waals surface area contributed by atoms with Crippen LogP contribution in [0, 0.1) is 13.8 Å². The maximum absolute atomic E-state index is 15.7. The van der Waals surface area contributed by atoms with Crippen LogP contribution in [0.3, 0.4) is 0 Å². The first kappa shape index (κ1) is 44.0. The van der Waals surface area contributed by atoms with Crippen molar-refractivity contribution in [2.45, 2.75) is 112 Å². The minimum Gasteiger partial charge on any atom is -0.459 e. The number of aryl methyl sites for hydroxylation is 2. The minimum absolute atomic E-state index is 0.0870. The number of hydrazine groups is 1. The Morgan fingerprint density at radius 3 is 1.91 bits per heavy atom. The van der Waals surface area contributed by atoms with Crippen LogP contribution in [0.25, 0.3) is 10.8 Å². The lowest BCUT2D eigenvalue weighted by Gasteiger charge is -2.42. The number of esters is 1. The van der Waals surface area contributed by atoms with Crippen molar-refractivity contribution in [3.63, 3.8) is 0 Å². The highest BCUT2D eigenvalue weighted by atomic mass is 16.6. The van der Waals surface area contributed by atoms with E-state index >= 15 is 4.79 Å². The second kappa shape index (κ2) is 17.6. The molecule has 4 rings (SSSR count). The molecule has 1 unspecified atom stereocenters. The molecule has 0 saturated heterocycles. The number of aliphatic hydroxyl groups is 1. The summed E-state index contributed by atoms with van der Waals surface area (Å²) in [7, 11) is 0. The topological polar surface area (TPSA) is 165 Å². The predicted octanol–water partition coefficient (Wildman–Crippen LogP) is 7.97. The fraction of sp³-hybridized carbons (Fsp3) is 0.432. The highest BCUT2D eigenvalue weighted by Crippen LogP contribution is 2.37. The van der Waals surface area contributed by atoms with Gasteiger partial charge in [0.15, 0.2) is 6.04 Å². The van der Waals surface area contributed by atoms with Gasteiger partial charge in [-0.05, 0) is 146 Å². The maximum Gasteiger partial charge on any atom is 0.439 e. The number of rotatable bonds is 11. The van der Waals surface area contributed by atoms with E-state index in [4.69, 9.17) is 19.9 Å². The van der Waals surface area contributed by atoms with Crippen LogP contribution in [-0.2, 0) is 36.8 Å². The molecule has 0 radical (unpaired) electrons. The molecule has 0 bridgehead atoms. The van der Waals surface area contributed by atoms with Gasteiger partial charge < -0.3 is 30.0 Å². The Kier molecular flexibility index (Phi) is 13.6. The molecule has 0 aliphatic heterocycles. The summed E-state index contributed by atoms with van der Waals surface area (Å²) >= 11 is 0. The number of imide groups is 1. The quantitative estimate of drug-likeness (QED) is 0.0656. The Hall–Kier alpha value is -5.69. The van der Waals surface area contributed by atoms with Gasteiger partial charge in [0.25, 0.3) is 5.91 Å². The normalized spacial score (nSPS) is 12.4. The van der Waals surface area contributed by atoms with E-state index in [2.05, 4.69) is 4.98 Å². The lowest BCUT2D eigenvalue weighted by Crippen LogP contribution is -2.58. The summed E-state index contributed by atoms with van der Waals surface area (Å²) in [4.78, 5) is 64.0. The summed E-state index contributed by atoms with van der Waals surface area (Å²) in [6, 6.07) is 15.9. The summed E-state index contributed by atoms with van der Waals surface area (Å²) in [5.41, 5.74) is 7.24. The molecule has 4 aromatic rings. The number of ether oxygens (including phenoxy) is 3. The molecule has 0 saturated carbocycles. The van der Waals surface area contributed by atoms with E-state index < -0.39 is 53.5 Å². The van der Waals surface area contributed by atoms with Crippen molar-refractivity contribution < 1.29 is 38.5 Å². The van der Waals surface area contributed by atoms with Crippen LogP contribution < -0.4 is 10.7 Å². The first-order chi connectivity index (χ1) is 26.5. The molecule has 13 nitrogen and oxygen atoms in total. The number of hydrogen-bond acceptors (Lipinski definition) is 11.